The van der Waals surface area contributed by atoms with Gasteiger partial charge in [0.2, 0.25) is 0 Å². The molecule has 0 aliphatic carbocycles. The lowest BCUT2D eigenvalue weighted by molar-refractivity contribution is 0.345. The summed E-state index contributed by atoms with van der Waals surface area (Å²) in [6.07, 6.45) is 8.62. The lowest BCUT2D eigenvalue weighted by atomic mass is 9.94. The van der Waals surface area contributed by atoms with Gasteiger partial charge < -0.3 is 20.9 Å². The summed E-state index contributed by atoms with van der Waals surface area (Å²) in [4.78, 5) is 6.95. The van der Waals surface area contributed by atoms with Gasteiger partial charge in [-0.25, -0.2) is 0 Å². The first-order valence-corrected chi connectivity index (χ1v) is 11.3. The molecule has 2 aromatic rings. The number of dihydropyridines is 1. The Morgan fingerprint density at radius 3 is 3.13 bits per heavy atom. The molecule has 1 aromatic heterocycles. The number of aromatic nitrogens is 1. The minimum Gasteiger partial charge on any atom is -0.381 e. The van der Waals surface area contributed by atoms with Gasteiger partial charge >= 0.3 is 0 Å². The third kappa shape index (κ3) is 4.16. The molecule has 3 aliphatic heterocycles. The van der Waals surface area contributed by atoms with Crippen LogP contribution in [-0.2, 0) is 0 Å². The van der Waals surface area contributed by atoms with E-state index < -0.39 is 0 Å². The second-order valence-electron chi connectivity index (χ2n) is 9.04. The van der Waals surface area contributed by atoms with Crippen LogP contribution in [0.3, 0.4) is 0 Å². The number of piperidine rings is 1. The van der Waals surface area contributed by atoms with Gasteiger partial charge in [0.15, 0.2) is 0 Å². The molecule has 0 spiro atoms. The van der Waals surface area contributed by atoms with Gasteiger partial charge in [-0.15, -0.1) is 0 Å². The molecule has 5 rings (SSSR count). The van der Waals surface area contributed by atoms with Gasteiger partial charge in [-0.05, 0) is 48.6 Å². The molecule has 1 aromatic carbocycles. The van der Waals surface area contributed by atoms with Crippen molar-refractivity contribution in [3.63, 3.8) is 0 Å². The third-order valence-electron chi connectivity index (χ3n) is 6.64. The van der Waals surface area contributed by atoms with E-state index in [0.29, 0.717) is 23.6 Å². The minimum atomic E-state index is 0.350. The van der Waals surface area contributed by atoms with Crippen molar-refractivity contribution >= 4 is 16.6 Å². The van der Waals surface area contributed by atoms with Crippen LogP contribution in [0.5, 0.6) is 0 Å². The maximum atomic E-state index is 9.46. The van der Waals surface area contributed by atoms with Crippen LogP contribution in [0.1, 0.15) is 25.3 Å². The summed E-state index contributed by atoms with van der Waals surface area (Å²) >= 11 is 0. The Morgan fingerprint density at radius 2 is 2.23 bits per heavy atom. The van der Waals surface area contributed by atoms with Crippen molar-refractivity contribution in [3.8, 4) is 6.07 Å². The first-order chi connectivity index (χ1) is 15.2. The largest absolute Gasteiger partial charge is 0.381 e. The molecule has 6 heteroatoms. The summed E-state index contributed by atoms with van der Waals surface area (Å²) in [5, 5.41) is 21.5. The average molecular weight is 415 g/mol. The summed E-state index contributed by atoms with van der Waals surface area (Å²) < 4.78 is 0. The molecule has 0 radical (unpaired) electrons. The van der Waals surface area contributed by atoms with E-state index in [9.17, 15) is 5.26 Å². The second kappa shape index (κ2) is 8.70. The van der Waals surface area contributed by atoms with E-state index in [0.717, 1.165) is 50.0 Å². The Kier molecular flexibility index (Phi) is 5.63. The number of hydrogen-bond acceptors (Lipinski definition) is 6. The van der Waals surface area contributed by atoms with Gasteiger partial charge in [0.05, 0.1) is 17.1 Å². The fraction of sp³-hybridized carbons (Fsp3) is 0.440. The molecule has 3 aliphatic rings. The third-order valence-corrected chi connectivity index (χ3v) is 6.64. The molecule has 6 nitrogen and oxygen atoms in total. The van der Waals surface area contributed by atoms with E-state index in [4.69, 9.17) is 0 Å². The van der Waals surface area contributed by atoms with Crippen LogP contribution < -0.4 is 20.9 Å². The highest BCUT2D eigenvalue weighted by Crippen LogP contribution is 2.31. The molecule has 31 heavy (non-hydrogen) atoms. The van der Waals surface area contributed by atoms with E-state index in [1.807, 2.05) is 12.1 Å². The number of hydrogen-bond donors (Lipinski definition) is 3. The monoisotopic (exact) mass is 414 g/mol. The second-order valence-corrected chi connectivity index (χ2v) is 9.04. The summed E-state index contributed by atoms with van der Waals surface area (Å²) in [6, 6.07) is 11.1. The van der Waals surface area contributed by atoms with Crippen LogP contribution in [0.2, 0.25) is 0 Å². The number of fused-ring (bicyclic) bond motifs is 1. The smallest absolute Gasteiger partial charge is 0.101 e. The molecule has 0 saturated carbocycles. The lowest BCUT2D eigenvalue weighted by Crippen LogP contribution is -2.52. The molecule has 0 amide bonds. The molecular formula is C25H30N6. The molecule has 160 valence electrons. The van der Waals surface area contributed by atoms with E-state index in [1.54, 1.807) is 6.20 Å². The van der Waals surface area contributed by atoms with Crippen molar-refractivity contribution in [2.75, 3.05) is 37.6 Å². The lowest BCUT2D eigenvalue weighted by Gasteiger charge is -2.39. The predicted octanol–water partition coefficient (Wildman–Crippen LogP) is 2.69. The van der Waals surface area contributed by atoms with E-state index >= 15 is 0 Å². The molecule has 4 heterocycles. The standard InChI is InChI=1S/C25H30N6/c1-17-11-21(29-14-20-6-4-19-13-27-10-8-23(19)30-20)16-31(15-17)24-7-5-18(12-26)25-22(24)3-2-9-28-25/h2-7,9,17,20-21,27,29-30H,8,10-11,13-16H2,1H3/t17-,20?,21+/m0/s1. The van der Waals surface area contributed by atoms with Gasteiger partial charge in [0.25, 0.3) is 0 Å². The summed E-state index contributed by atoms with van der Waals surface area (Å²) in [6.45, 7) is 7.29. The zero-order valence-electron chi connectivity index (χ0n) is 18.1. The number of nitrogens with one attached hydrogen (secondary N) is 3. The quantitative estimate of drug-likeness (QED) is 0.714. The van der Waals surface area contributed by atoms with Crippen LogP contribution in [0, 0.1) is 17.2 Å². The van der Waals surface area contributed by atoms with Crippen molar-refractivity contribution in [3.05, 3.63) is 59.4 Å². The van der Waals surface area contributed by atoms with Crippen molar-refractivity contribution < 1.29 is 0 Å². The Morgan fingerprint density at radius 1 is 1.29 bits per heavy atom. The van der Waals surface area contributed by atoms with E-state index in [-0.39, 0.29) is 0 Å². The van der Waals surface area contributed by atoms with Crippen LogP contribution in [-0.4, -0.2) is 49.8 Å². The Hall–Kier alpha value is -2.88. The predicted molar refractivity (Wildman–Crippen MR) is 125 cm³/mol. The summed E-state index contributed by atoms with van der Waals surface area (Å²) in [5.41, 5.74) is 5.43. The normalized spacial score (nSPS) is 25.8. The average Bonchev–Trinajstić information content (AvgIpc) is 2.81. The van der Waals surface area contributed by atoms with Gasteiger partial charge in [-0.2, -0.15) is 5.26 Å². The summed E-state index contributed by atoms with van der Waals surface area (Å²) in [7, 11) is 0. The van der Waals surface area contributed by atoms with Gasteiger partial charge in [-0.3, -0.25) is 4.98 Å². The van der Waals surface area contributed by atoms with Gasteiger partial charge in [0.1, 0.15) is 6.07 Å². The Labute approximate surface area is 184 Å². The molecular weight excluding hydrogens is 384 g/mol. The SMILES string of the molecule is C[C@H]1C[C@@H](NCC2C=CC3=C(CCNC3)N2)CN(c2ccc(C#N)c3ncccc23)C1. The van der Waals surface area contributed by atoms with Crippen molar-refractivity contribution in [1.29, 1.82) is 5.26 Å². The first-order valence-electron chi connectivity index (χ1n) is 11.3. The molecule has 1 unspecified atom stereocenters. The van der Waals surface area contributed by atoms with Crippen molar-refractivity contribution in [2.24, 2.45) is 5.92 Å². The zero-order chi connectivity index (χ0) is 21.2. The molecule has 3 atom stereocenters. The van der Waals surface area contributed by atoms with Crippen molar-refractivity contribution in [2.45, 2.75) is 31.8 Å². The van der Waals surface area contributed by atoms with Crippen LogP contribution in [0.15, 0.2) is 53.9 Å². The number of anilines is 1. The zero-order valence-corrected chi connectivity index (χ0v) is 18.1. The van der Waals surface area contributed by atoms with Gasteiger partial charge in [-0.1, -0.05) is 19.1 Å². The fourth-order valence-electron chi connectivity index (χ4n) is 5.16. The minimum absolute atomic E-state index is 0.350. The Balaban J connectivity index is 1.28. The van der Waals surface area contributed by atoms with E-state index in [1.165, 1.54) is 23.4 Å². The molecule has 3 N–H and O–H groups in total. The van der Waals surface area contributed by atoms with Crippen LogP contribution in [0.4, 0.5) is 5.69 Å². The van der Waals surface area contributed by atoms with Gasteiger partial charge in [0, 0.05) is 61.7 Å². The highest BCUT2D eigenvalue weighted by Gasteiger charge is 2.27. The van der Waals surface area contributed by atoms with Crippen LogP contribution in [0.25, 0.3) is 10.9 Å². The number of benzene rings is 1. The van der Waals surface area contributed by atoms with Crippen molar-refractivity contribution in [1.82, 2.24) is 20.9 Å². The molecule has 1 saturated heterocycles. The summed E-state index contributed by atoms with van der Waals surface area (Å²) in [5.74, 6) is 0.599. The number of nitriles is 1. The molecule has 0 bridgehead atoms. The Bertz CT molecular complexity index is 1070. The topological polar surface area (TPSA) is 76.0 Å². The maximum Gasteiger partial charge on any atom is 0.101 e. The van der Waals surface area contributed by atoms with E-state index in [2.05, 4.69) is 63.1 Å². The fourth-order valence-corrected chi connectivity index (χ4v) is 5.16. The highest BCUT2D eigenvalue weighted by molar-refractivity contribution is 5.95. The number of rotatable bonds is 4. The first kappa shape index (κ1) is 20.0. The highest BCUT2D eigenvalue weighted by atomic mass is 15.2. The number of nitrogens with zero attached hydrogens (tertiary/aromatic N) is 3. The molecule has 1 fully saturated rings. The maximum absolute atomic E-state index is 9.46. The number of pyridine rings is 1. The van der Waals surface area contributed by atoms with Crippen LogP contribution >= 0.6 is 0 Å².